The number of nitrogens with zero attached hydrogens (tertiary/aromatic N) is 2. The molecule has 2 rings (SSSR count). The van der Waals surface area contributed by atoms with E-state index in [-0.39, 0.29) is 5.91 Å². The monoisotopic (exact) mass is 292 g/mol. The fourth-order valence-corrected chi connectivity index (χ4v) is 2.27. The van der Waals surface area contributed by atoms with E-state index in [2.05, 4.69) is 0 Å². The van der Waals surface area contributed by atoms with E-state index >= 15 is 0 Å². The topological polar surface area (TPSA) is 34.5 Å². The second kappa shape index (κ2) is 6.01. The Balaban J connectivity index is 2.20. The van der Waals surface area contributed by atoms with Crippen LogP contribution in [0.1, 0.15) is 16.1 Å². The van der Waals surface area contributed by atoms with Crippen LogP contribution in [0, 0.1) is 0 Å². The molecule has 106 valence electrons. The molecule has 0 spiro atoms. The number of rotatable bonds is 4. The summed E-state index contributed by atoms with van der Waals surface area (Å²) in [6.07, 6.45) is 1.85. The number of carbonyl (C=O) groups excluding carboxylic acids is 1. The van der Waals surface area contributed by atoms with Crippen molar-refractivity contribution in [1.29, 1.82) is 0 Å². The average molecular weight is 293 g/mol. The molecule has 5 heteroatoms. The average Bonchev–Trinajstić information content (AvgIpc) is 2.84. The molecule has 0 saturated heterocycles. The Morgan fingerprint density at radius 2 is 2.15 bits per heavy atom. The molecule has 4 nitrogen and oxygen atoms in total. The summed E-state index contributed by atoms with van der Waals surface area (Å²) in [6.45, 7) is 0.438. The Morgan fingerprint density at radius 3 is 2.75 bits per heavy atom. The standard InChI is InChI=1S/C15H17ClN2O2/c1-17-8-4-5-13(17)15(19)18(2)10-11-9-12(16)6-7-14(11)20-3/h4-9H,10H2,1-3H3. The number of ether oxygens (including phenoxy) is 1. The first kappa shape index (κ1) is 14.5. The van der Waals surface area contributed by atoms with Gasteiger partial charge in [-0.05, 0) is 30.3 Å². The maximum absolute atomic E-state index is 12.3. The minimum atomic E-state index is -0.0421. The van der Waals surface area contributed by atoms with E-state index in [0.717, 1.165) is 11.3 Å². The van der Waals surface area contributed by atoms with E-state index < -0.39 is 0 Å². The van der Waals surface area contributed by atoms with E-state index in [0.29, 0.717) is 17.3 Å². The molecule has 2 aromatic rings. The first-order valence-electron chi connectivity index (χ1n) is 6.22. The zero-order valence-electron chi connectivity index (χ0n) is 11.8. The molecule has 0 N–H and O–H groups in total. The molecule has 0 aliphatic carbocycles. The fourth-order valence-electron chi connectivity index (χ4n) is 2.08. The number of carbonyl (C=O) groups is 1. The van der Waals surface area contributed by atoms with Gasteiger partial charge in [0.05, 0.1) is 7.11 Å². The summed E-state index contributed by atoms with van der Waals surface area (Å²) >= 11 is 6.00. The summed E-state index contributed by atoms with van der Waals surface area (Å²) in [6, 6.07) is 9.03. The van der Waals surface area contributed by atoms with Gasteiger partial charge < -0.3 is 14.2 Å². The maximum atomic E-state index is 12.3. The van der Waals surface area contributed by atoms with Crippen LogP contribution in [0.2, 0.25) is 5.02 Å². The van der Waals surface area contributed by atoms with E-state index in [1.165, 1.54) is 0 Å². The van der Waals surface area contributed by atoms with Crippen molar-refractivity contribution < 1.29 is 9.53 Å². The maximum Gasteiger partial charge on any atom is 0.270 e. The first-order valence-corrected chi connectivity index (χ1v) is 6.60. The zero-order chi connectivity index (χ0) is 14.7. The van der Waals surface area contributed by atoms with Gasteiger partial charge in [-0.15, -0.1) is 0 Å². The van der Waals surface area contributed by atoms with Gasteiger partial charge in [-0.2, -0.15) is 0 Å². The van der Waals surface area contributed by atoms with Crippen molar-refractivity contribution >= 4 is 17.5 Å². The molecule has 0 fully saturated rings. The molecule has 0 aliphatic heterocycles. The van der Waals surface area contributed by atoms with E-state index in [1.807, 2.05) is 25.4 Å². The minimum Gasteiger partial charge on any atom is -0.496 e. The molecule has 1 aromatic heterocycles. The van der Waals surface area contributed by atoms with Gasteiger partial charge in [-0.1, -0.05) is 11.6 Å². The van der Waals surface area contributed by atoms with E-state index in [9.17, 15) is 4.79 Å². The van der Waals surface area contributed by atoms with E-state index in [4.69, 9.17) is 16.3 Å². The number of halogens is 1. The molecular formula is C15H17ClN2O2. The number of amides is 1. The van der Waals surface area contributed by atoms with Gasteiger partial charge in [-0.3, -0.25) is 4.79 Å². The van der Waals surface area contributed by atoms with Gasteiger partial charge in [0, 0.05) is 37.4 Å². The van der Waals surface area contributed by atoms with Crippen LogP contribution in [-0.4, -0.2) is 29.5 Å². The van der Waals surface area contributed by atoms with Crippen LogP contribution in [0.4, 0.5) is 0 Å². The van der Waals surface area contributed by atoms with Crippen LogP contribution < -0.4 is 4.74 Å². The number of aryl methyl sites for hydroxylation is 1. The van der Waals surface area contributed by atoms with Crippen molar-refractivity contribution in [1.82, 2.24) is 9.47 Å². The van der Waals surface area contributed by atoms with Gasteiger partial charge in [0.1, 0.15) is 11.4 Å². The van der Waals surface area contributed by atoms with Crippen LogP contribution in [0.25, 0.3) is 0 Å². The Hall–Kier alpha value is -1.94. The molecule has 1 amide bonds. The van der Waals surface area contributed by atoms with Crippen molar-refractivity contribution in [3.8, 4) is 5.75 Å². The van der Waals surface area contributed by atoms with Crippen molar-refractivity contribution in [2.75, 3.05) is 14.2 Å². The molecule has 0 radical (unpaired) electrons. The summed E-state index contributed by atoms with van der Waals surface area (Å²) in [7, 11) is 5.21. The highest BCUT2D eigenvalue weighted by Crippen LogP contribution is 2.24. The van der Waals surface area contributed by atoms with Crippen molar-refractivity contribution in [2.45, 2.75) is 6.54 Å². The van der Waals surface area contributed by atoms with Crippen LogP contribution in [-0.2, 0) is 13.6 Å². The quantitative estimate of drug-likeness (QED) is 0.868. The van der Waals surface area contributed by atoms with Crippen LogP contribution >= 0.6 is 11.6 Å². The third-order valence-corrected chi connectivity index (χ3v) is 3.39. The lowest BCUT2D eigenvalue weighted by Gasteiger charge is -2.19. The summed E-state index contributed by atoms with van der Waals surface area (Å²) in [4.78, 5) is 14.0. The SMILES string of the molecule is COc1ccc(Cl)cc1CN(C)C(=O)c1cccn1C. The van der Waals surface area contributed by atoms with Gasteiger partial charge in [0.2, 0.25) is 0 Å². The number of aromatic nitrogens is 1. The number of hydrogen-bond acceptors (Lipinski definition) is 2. The first-order chi connectivity index (χ1) is 9.52. The second-order valence-electron chi connectivity index (χ2n) is 4.62. The Labute approximate surface area is 123 Å². The van der Waals surface area contributed by atoms with Gasteiger partial charge in [-0.25, -0.2) is 0 Å². The summed E-state index contributed by atoms with van der Waals surface area (Å²) < 4.78 is 7.09. The highest BCUT2D eigenvalue weighted by Gasteiger charge is 2.16. The predicted molar refractivity (Wildman–Crippen MR) is 79.2 cm³/mol. The third kappa shape index (κ3) is 2.96. The lowest BCUT2D eigenvalue weighted by atomic mass is 10.2. The second-order valence-corrected chi connectivity index (χ2v) is 5.06. The molecule has 0 atom stereocenters. The smallest absolute Gasteiger partial charge is 0.270 e. The highest BCUT2D eigenvalue weighted by atomic mass is 35.5. The third-order valence-electron chi connectivity index (χ3n) is 3.16. The van der Waals surface area contributed by atoms with Gasteiger partial charge in [0.15, 0.2) is 0 Å². The summed E-state index contributed by atoms with van der Waals surface area (Å²) in [5.41, 5.74) is 1.53. The molecule has 1 aromatic carbocycles. The molecule has 0 unspecified atom stereocenters. The fraction of sp³-hybridized carbons (Fsp3) is 0.267. The molecule has 0 aliphatic rings. The molecule has 0 bridgehead atoms. The molecule has 20 heavy (non-hydrogen) atoms. The summed E-state index contributed by atoms with van der Waals surface area (Å²) in [5.74, 6) is 0.681. The van der Waals surface area contributed by atoms with Gasteiger partial charge in [0.25, 0.3) is 5.91 Å². The van der Waals surface area contributed by atoms with Crippen LogP contribution in [0.3, 0.4) is 0 Å². The minimum absolute atomic E-state index is 0.0421. The molecular weight excluding hydrogens is 276 g/mol. The Bertz CT molecular complexity index is 622. The Morgan fingerprint density at radius 1 is 1.40 bits per heavy atom. The zero-order valence-corrected chi connectivity index (χ0v) is 12.5. The molecule has 1 heterocycles. The van der Waals surface area contributed by atoms with Crippen molar-refractivity contribution in [2.24, 2.45) is 7.05 Å². The Kier molecular flexibility index (Phi) is 4.35. The summed E-state index contributed by atoms with van der Waals surface area (Å²) in [5, 5.41) is 0.625. The van der Waals surface area contributed by atoms with E-state index in [1.54, 1.807) is 41.8 Å². The normalized spacial score (nSPS) is 10.4. The van der Waals surface area contributed by atoms with Gasteiger partial charge >= 0.3 is 0 Å². The lowest BCUT2D eigenvalue weighted by molar-refractivity contribution is 0.0775. The highest BCUT2D eigenvalue weighted by molar-refractivity contribution is 6.30. The van der Waals surface area contributed by atoms with Crippen molar-refractivity contribution in [3.63, 3.8) is 0 Å². The number of benzene rings is 1. The largest absolute Gasteiger partial charge is 0.496 e. The lowest BCUT2D eigenvalue weighted by Crippen LogP contribution is -2.28. The number of hydrogen-bond donors (Lipinski definition) is 0. The van der Waals surface area contributed by atoms with Crippen molar-refractivity contribution in [3.05, 3.63) is 52.8 Å². The van der Waals surface area contributed by atoms with Crippen LogP contribution in [0.5, 0.6) is 5.75 Å². The predicted octanol–water partition coefficient (Wildman–Crippen LogP) is 2.96. The van der Waals surface area contributed by atoms with Crippen LogP contribution in [0.15, 0.2) is 36.5 Å². The molecule has 0 saturated carbocycles. The number of methoxy groups -OCH3 is 1.